The van der Waals surface area contributed by atoms with Crippen LogP contribution in [0.25, 0.3) is 0 Å². The van der Waals surface area contributed by atoms with Gasteiger partial charge in [0.25, 0.3) is 0 Å². The Balaban J connectivity index is 2.89. The molecule has 0 aliphatic rings. The maximum absolute atomic E-state index is 3.70. The Labute approximate surface area is 101 Å². The zero-order valence-corrected chi connectivity index (χ0v) is 12.9. The summed E-state index contributed by atoms with van der Waals surface area (Å²) in [6, 6.07) is 6.66. The summed E-state index contributed by atoms with van der Waals surface area (Å²) in [6.07, 6.45) is 0. The van der Waals surface area contributed by atoms with Crippen molar-refractivity contribution in [3.8, 4) is 0 Å². The van der Waals surface area contributed by atoms with E-state index >= 15 is 0 Å². The molecule has 1 rings (SSSR count). The first-order valence-electron chi connectivity index (χ1n) is 4.03. The van der Waals surface area contributed by atoms with Crippen molar-refractivity contribution in [1.82, 2.24) is 0 Å². The summed E-state index contributed by atoms with van der Waals surface area (Å²) < 4.78 is 1.36. The quantitative estimate of drug-likeness (QED) is 0.715. The monoisotopic (exact) mass is 372 g/mol. The Morgan fingerprint density at radius 2 is 1.54 bits per heavy atom. The number of benzene rings is 1. The summed E-state index contributed by atoms with van der Waals surface area (Å²) in [7, 11) is 0. The molecule has 0 N–H and O–H groups in total. The molecule has 0 bridgehead atoms. The van der Waals surface area contributed by atoms with Crippen molar-refractivity contribution in [3.63, 3.8) is 0 Å². The van der Waals surface area contributed by atoms with Gasteiger partial charge in [-0.1, -0.05) is 0 Å². The second-order valence-electron chi connectivity index (χ2n) is 2.76. The first-order valence-corrected chi connectivity index (χ1v) is 10.7. The first-order chi connectivity index (χ1) is 6.29. The average Bonchev–Trinajstić information content (AvgIpc) is 2.13. The van der Waals surface area contributed by atoms with Gasteiger partial charge < -0.3 is 0 Å². The molecule has 0 saturated heterocycles. The summed E-state index contributed by atoms with van der Waals surface area (Å²) in [5.74, 6) is 4.58. The van der Waals surface area contributed by atoms with E-state index < -0.39 is 0 Å². The molecule has 0 heterocycles. The van der Waals surface area contributed by atoms with Crippen molar-refractivity contribution < 1.29 is 0 Å². The molecule has 0 radical (unpaired) electrons. The maximum atomic E-state index is 3.70. The Kier molecular flexibility index (Phi) is 5.69. The van der Waals surface area contributed by atoms with Gasteiger partial charge in [0, 0.05) is 0 Å². The topological polar surface area (TPSA) is 0 Å². The van der Waals surface area contributed by atoms with Crippen LogP contribution in [-0.4, -0.2) is 29.9 Å². The molecule has 0 amide bonds. The van der Waals surface area contributed by atoms with E-state index in [-0.39, 0.29) is 0 Å². The van der Waals surface area contributed by atoms with Gasteiger partial charge in [0.05, 0.1) is 0 Å². The van der Waals surface area contributed by atoms with Gasteiger partial charge in [-0.25, -0.2) is 0 Å². The fourth-order valence-corrected chi connectivity index (χ4v) is 4.86. The molecule has 1 aromatic carbocycles. The third-order valence-electron chi connectivity index (χ3n) is 1.76. The molecule has 0 fully saturated rings. The first kappa shape index (κ1) is 11.8. The number of rotatable bonds is 4. The van der Waals surface area contributed by atoms with Crippen molar-refractivity contribution in [3.05, 3.63) is 33.8 Å². The normalized spacial score (nSPS) is 10.4. The molecule has 0 unspecified atom stereocenters. The molecular weight excluding hydrogens is 358 g/mol. The van der Waals surface area contributed by atoms with Gasteiger partial charge in [0.15, 0.2) is 0 Å². The number of hydrogen-bond acceptors (Lipinski definition) is 0. The van der Waals surface area contributed by atoms with Gasteiger partial charge in [0.2, 0.25) is 0 Å². The molecule has 3 heteroatoms. The standard InChI is InChI=1S/C10H13BrSe2/c1-12-6-8-4-3-5-9(7-13-2)10(8)11/h3-5H,6-7H2,1-2H3. The second kappa shape index (κ2) is 6.27. The van der Waals surface area contributed by atoms with Crippen LogP contribution in [0, 0.1) is 0 Å². The van der Waals surface area contributed by atoms with Crippen molar-refractivity contribution in [2.75, 3.05) is 0 Å². The van der Waals surface area contributed by atoms with Crippen molar-refractivity contribution >= 4 is 45.8 Å². The van der Waals surface area contributed by atoms with Crippen molar-refractivity contribution in [1.29, 1.82) is 0 Å². The van der Waals surface area contributed by atoms with Gasteiger partial charge in [-0.15, -0.1) is 0 Å². The molecule has 1 aromatic rings. The zero-order chi connectivity index (χ0) is 9.68. The SMILES string of the molecule is C[Se]Cc1cccc(C[Se]C)c1Br. The van der Waals surface area contributed by atoms with E-state index in [1.807, 2.05) is 0 Å². The predicted octanol–water partition coefficient (Wildman–Crippen LogP) is 2.95. The summed E-state index contributed by atoms with van der Waals surface area (Å²) in [6.45, 7) is 0. The summed E-state index contributed by atoms with van der Waals surface area (Å²) in [5.41, 5.74) is 2.98. The van der Waals surface area contributed by atoms with Gasteiger partial charge >= 0.3 is 102 Å². The molecule has 0 aromatic heterocycles. The van der Waals surface area contributed by atoms with Crippen LogP contribution in [0.15, 0.2) is 22.7 Å². The van der Waals surface area contributed by atoms with E-state index in [1.165, 1.54) is 26.2 Å². The van der Waals surface area contributed by atoms with Crippen LogP contribution in [-0.2, 0) is 10.6 Å². The Bertz CT molecular complexity index is 249. The third-order valence-corrected chi connectivity index (χ3v) is 5.29. The van der Waals surface area contributed by atoms with E-state index in [9.17, 15) is 0 Å². The minimum absolute atomic E-state index is 0.735. The van der Waals surface area contributed by atoms with Crippen LogP contribution in [0.2, 0.25) is 11.6 Å². The summed E-state index contributed by atoms with van der Waals surface area (Å²) in [5, 5.41) is 2.50. The summed E-state index contributed by atoms with van der Waals surface area (Å²) in [4.78, 5) is 0. The van der Waals surface area contributed by atoms with Gasteiger partial charge in [-0.05, 0) is 0 Å². The molecule has 0 saturated carbocycles. The van der Waals surface area contributed by atoms with Gasteiger partial charge in [0.1, 0.15) is 0 Å². The zero-order valence-electron chi connectivity index (χ0n) is 7.84. The van der Waals surface area contributed by atoms with Crippen LogP contribution in [0.1, 0.15) is 11.1 Å². The fourth-order valence-electron chi connectivity index (χ4n) is 1.17. The number of hydrogen-bond donors (Lipinski definition) is 0. The average molecular weight is 371 g/mol. The van der Waals surface area contributed by atoms with E-state index in [4.69, 9.17) is 0 Å². The molecule has 0 nitrogen and oxygen atoms in total. The van der Waals surface area contributed by atoms with Gasteiger partial charge in [-0.3, -0.25) is 0 Å². The predicted molar refractivity (Wildman–Crippen MR) is 64.8 cm³/mol. The van der Waals surface area contributed by atoms with Crippen LogP contribution >= 0.6 is 15.9 Å². The number of halogens is 1. The Morgan fingerprint density at radius 3 is 1.92 bits per heavy atom. The molecule has 0 aliphatic heterocycles. The van der Waals surface area contributed by atoms with Crippen molar-refractivity contribution in [2.24, 2.45) is 0 Å². The van der Waals surface area contributed by atoms with E-state index in [0.29, 0.717) is 0 Å². The minimum atomic E-state index is 0.735. The third kappa shape index (κ3) is 3.42. The van der Waals surface area contributed by atoms with E-state index in [1.54, 1.807) is 0 Å². The summed E-state index contributed by atoms with van der Waals surface area (Å²) >= 11 is 5.17. The molecule has 13 heavy (non-hydrogen) atoms. The van der Waals surface area contributed by atoms with Crippen LogP contribution < -0.4 is 0 Å². The molecule has 0 atom stereocenters. The van der Waals surface area contributed by atoms with E-state index in [2.05, 4.69) is 45.8 Å². The molecule has 0 aliphatic carbocycles. The van der Waals surface area contributed by atoms with Crippen LogP contribution in [0.3, 0.4) is 0 Å². The van der Waals surface area contributed by atoms with Gasteiger partial charge in [-0.2, -0.15) is 0 Å². The fraction of sp³-hybridized carbons (Fsp3) is 0.400. The molecular formula is C10H13BrSe2. The second-order valence-corrected chi connectivity index (χ2v) is 7.18. The molecule has 72 valence electrons. The Morgan fingerprint density at radius 1 is 1.08 bits per heavy atom. The van der Waals surface area contributed by atoms with Crippen molar-refractivity contribution in [2.45, 2.75) is 22.3 Å². The van der Waals surface area contributed by atoms with Crippen LogP contribution in [0.4, 0.5) is 0 Å². The van der Waals surface area contributed by atoms with Crippen LogP contribution in [0.5, 0.6) is 0 Å². The Hall–Kier alpha value is 0.739. The molecule has 0 spiro atoms. The van der Waals surface area contributed by atoms with E-state index in [0.717, 1.165) is 29.9 Å².